The first-order valence-electron chi connectivity index (χ1n) is 10.3. The van der Waals surface area contributed by atoms with E-state index in [1.807, 2.05) is 36.4 Å². The molecule has 4 aromatic carbocycles. The number of aryl methyl sites for hydroxylation is 2. The van der Waals surface area contributed by atoms with E-state index in [-0.39, 0.29) is 5.75 Å². The van der Waals surface area contributed by atoms with Crippen molar-refractivity contribution in [1.29, 1.82) is 5.26 Å². The SMILES string of the molecule is Cc1[nH]c2cc(C(C#N)(c3ccc(O)cc3)c3cccc4ccccc34)ccc2c1C. The molecule has 31 heavy (non-hydrogen) atoms. The number of H-pyrrole nitrogens is 1. The Hall–Kier alpha value is -4.03. The van der Waals surface area contributed by atoms with E-state index >= 15 is 0 Å². The van der Waals surface area contributed by atoms with Crippen LogP contribution in [0.15, 0.2) is 84.9 Å². The molecular weight excluding hydrogens is 380 g/mol. The van der Waals surface area contributed by atoms with Crippen molar-refractivity contribution in [2.45, 2.75) is 19.3 Å². The highest BCUT2D eigenvalue weighted by atomic mass is 16.3. The van der Waals surface area contributed by atoms with Crippen LogP contribution in [0, 0.1) is 25.2 Å². The Morgan fingerprint density at radius 2 is 1.52 bits per heavy atom. The molecule has 0 aliphatic carbocycles. The molecule has 5 rings (SSSR count). The maximum absolute atomic E-state index is 10.8. The topological polar surface area (TPSA) is 59.8 Å². The third-order valence-electron chi connectivity index (χ3n) is 6.40. The molecule has 0 amide bonds. The Bertz CT molecular complexity index is 1470. The fraction of sp³-hybridized carbons (Fsp3) is 0.107. The highest BCUT2D eigenvalue weighted by Gasteiger charge is 2.38. The molecule has 0 radical (unpaired) electrons. The van der Waals surface area contributed by atoms with Gasteiger partial charge in [0.05, 0.1) is 6.07 Å². The number of aromatic hydroxyl groups is 1. The van der Waals surface area contributed by atoms with Gasteiger partial charge in [0, 0.05) is 16.6 Å². The van der Waals surface area contributed by atoms with Gasteiger partial charge >= 0.3 is 0 Å². The van der Waals surface area contributed by atoms with Crippen LogP contribution in [0.1, 0.15) is 27.9 Å². The van der Waals surface area contributed by atoms with Gasteiger partial charge in [0.2, 0.25) is 0 Å². The fourth-order valence-corrected chi connectivity index (χ4v) is 4.64. The number of fused-ring (bicyclic) bond motifs is 2. The fourth-order valence-electron chi connectivity index (χ4n) is 4.64. The molecule has 1 aromatic heterocycles. The van der Waals surface area contributed by atoms with Crippen LogP contribution >= 0.6 is 0 Å². The molecule has 2 N–H and O–H groups in total. The number of hydrogen-bond acceptors (Lipinski definition) is 2. The van der Waals surface area contributed by atoms with Gasteiger partial charge in [0.15, 0.2) is 0 Å². The average Bonchev–Trinajstić information content (AvgIpc) is 3.09. The Kier molecular flexibility index (Phi) is 4.30. The normalized spacial score (nSPS) is 13.2. The van der Waals surface area contributed by atoms with Crippen molar-refractivity contribution in [3.8, 4) is 11.8 Å². The molecule has 150 valence electrons. The van der Waals surface area contributed by atoms with Crippen molar-refractivity contribution in [2.75, 3.05) is 0 Å². The lowest BCUT2D eigenvalue weighted by atomic mass is 9.69. The van der Waals surface area contributed by atoms with E-state index in [1.165, 1.54) is 5.56 Å². The Labute approximate surface area is 181 Å². The maximum Gasteiger partial charge on any atom is 0.133 e. The Morgan fingerprint density at radius 3 is 2.29 bits per heavy atom. The molecule has 0 aliphatic heterocycles. The van der Waals surface area contributed by atoms with Gasteiger partial charge in [0.25, 0.3) is 0 Å². The molecular formula is C28H22N2O. The molecule has 1 atom stereocenters. The van der Waals surface area contributed by atoms with Gasteiger partial charge in [-0.25, -0.2) is 0 Å². The quantitative estimate of drug-likeness (QED) is 0.338. The van der Waals surface area contributed by atoms with Crippen molar-refractivity contribution in [3.63, 3.8) is 0 Å². The zero-order chi connectivity index (χ0) is 21.6. The van der Waals surface area contributed by atoms with E-state index in [0.29, 0.717) is 0 Å². The second-order valence-electron chi connectivity index (χ2n) is 8.07. The van der Waals surface area contributed by atoms with E-state index in [2.05, 4.69) is 61.3 Å². The number of aromatic amines is 1. The minimum absolute atomic E-state index is 0.180. The summed E-state index contributed by atoms with van der Waals surface area (Å²) >= 11 is 0. The Morgan fingerprint density at radius 1 is 0.806 bits per heavy atom. The second-order valence-corrected chi connectivity index (χ2v) is 8.07. The van der Waals surface area contributed by atoms with E-state index < -0.39 is 5.41 Å². The number of phenols is 1. The van der Waals surface area contributed by atoms with E-state index in [9.17, 15) is 10.4 Å². The minimum Gasteiger partial charge on any atom is -0.508 e. The summed E-state index contributed by atoms with van der Waals surface area (Å²) in [4.78, 5) is 3.46. The van der Waals surface area contributed by atoms with Crippen LogP contribution in [0.5, 0.6) is 5.75 Å². The predicted octanol–water partition coefficient (Wildman–Crippen LogP) is 6.50. The van der Waals surface area contributed by atoms with Crippen molar-refractivity contribution in [1.82, 2.24) is 4.98 Å². The minimum atomic E-state index is -1.03. The monoisotopic (exact) mass is 402 g/mol. The van der Waals surface area contributed by atoms with Crippen LogP contribution < -0.4 is 0 Å². The zero-order valence-electron chi connectivity index (χ0n) is 17.5. The number of nitriles is 1. The summed E-state index contributed by atoms with van der Waals surface area (Å²) in [6.45, 7) is 4.17. The average molecular weight is 402 g/mol. The van der Waals surface area contributed by atoms with Gasteiger partial charge in [0.1, 0.15) is 11.2 Å². The van der Waals surface area contributed by atoms with Crippen molar-refractivity contribution >= 4 is 21.7 Å². The van der Waals surface area contributed by atoms with E-state index in [4.69, 9.17) is 0 Å². The van der Waals surface area contributed by atoms with Gasteiger partial charge in [-0.05, 0) is 65.1 Å². The van der Waals surface area contributed by atoms with Crippen molar-refractivity contribution in [2.24, 2.45) is 0 Å². The highest BCUT2D eigenvalue weighted by molar-refractivity contribution is 5.90. The molecule has 3 heteroatoms. The van der Waals surface area contributed by atoms with Gasteiger partial charge in [-0.3, -0.25) is 0 Å². The van der Waals surface area contributed by atoms with Crippen LogP contribution in [0.25, 0.3) is 21.7 Å². The standard InChI is InChI=1S/C28H22N2O/c1-18-19(2)30-27-16-22(12-15-24(18)27)28(17-29,21-10-13-23(31)14-11-21)26-9-5-7-20-6-3-4-8-25(20)26/h3-16,30-31H,1-2H3. The van der Waals surface area contributed by atoms with Crippen LogP contribution in [0.4, 0.5) is 0 Å². The second kappa shape index (κ2) is 7.04. The van der Waals surface area contributed by atoms with Crippen LogP contribution in [-0.4, -0.2) is 10.1 Å². The predicted molar refractivity (Wildman–Crippen MR) is 125 cm³/mol. The number of phenolic OH excluding ortho intramolecular Hbond substituents is 1. The molecule has 1 heterocycles. The lowest BCUT2D eigenvalue weighted by molar-refractivity contribution is 0.475. The summed E-state index contributed by atoms with van der Waals surface area (Å²) in [6, 6.07) is 30.2. The number of rotatable bonds is 3. The van der Waals surface area contributed by atoms with Crippen molar-refractivity contribution < 1.29 is 5.11 Å². The summed E-state index contributed by atoms with van der Waals surface area (Å²) in [5, 5.41) is 24.0. The third-order valence-corrected chi connectivity index (χ3v) is 6.40. The molecule has 0 saturated heterocycles. The molecule has 3 nitrogen and oxygen atoms in total. The molecule has 1 unspecified atom stereocenters. The zero-order valence-corrected chi connectivity index (χ0v) is 17.5. The molecule has 5 aromatic rings. The number of nitrogens with zero attached hydrogens (tertiary/aromatic N) is 1. The van der Waals surface area contributed by atoms with Gasteiger partial charge in [-0.15, -0.1) is 0 Å². The highest BCUT2D eigenvalue weighted by Crippen LogP contribution is 2.43. The first kappa shape index (κ1) is 19.0. The number of aromatic nitrogens is 1. The van der Waals surface area contributed by atoms with Gasteiger partial charge < -0.3 is 10.1 Å². The summed E-state index contributed by atoms with van der Waals surface area (Å²) < 4.78 is 0. The van der Waals surface area contributed by atoms with Crippen LogP contribution in [0.2, 0.25) is 0 Å². The molecule has 0 aliphatic rings. The molecule has 0 fully saturated rings. The number of nitrogens with one attached hydrogen (secondary N) is 1. The van der Waals surface area contributed by atoms with Crippen LogP contribution in [0.3, 0.4) is 0 Å². The van der Waals surface area contributed by atoms with E-state index in [0.717, 1.165) is 44.1 Å². The summed E-state index contributed by atoms with van der Waals surface area (Å²) in [5.74, 6) is 0.180. The van der Waals surface area contributed by atoms with Crippen LogP contribution in [-0.2, 0) is 5.41 Å². The lowest BCUT2D eigenvalue weighted by Crippen LogP contribution is -2.27. The Balaban J connectivity index is 1.89. The first-order chi connectivity index (χ1) is 15.0. The first-order valence-corrected chi connectivity index (χ1v) is 10.3. The third kappa shape index (κ3) is 2.80. The lowest BCUT2D eigenvalue weighted by Gasteiger charge is -2.30. The smallest absolute Gasteiger partial charge is 0.133 e. The molecule has 0 bridgehead atoms. The molecule has 0 saturated carbocycles. The summed E-state index contributed by atoms with van der Waals surface area (Å²) in [5.41, 5.74) is 4.98. The largest absolute Gasteiger partial charge is 0.508 e. The number of hydrogen-bond donors (Lipinski definition) is 2. The van der Waals surface area contributed by atoms with Gasteiger partial charge in [-0.1, -0.05) is 66.7 Å². The van der Waals surface area contributed by atoms with Gasteiger partial charge in [-0.2, -0.15) is 5.26 Å². The number of benzene rings is 4. The maximum atomic E-state index is 10.8. The summed E-state index contributed by atoms with van der Waals surface area (Å²) in [6.07, 6.45) is 0. The van der Waals surface area contributed by atoms with E-state index in [1.54, 1.807) is 12.1 Å². The summed E-state index contributed by atoms with van der Waals surface area (Å²) in [7, 11) is 0. The molecule has 0 spiro atoms. The van der Waals surface area contributed by atoms with Crippen molar-refractivity contribution in [3.05, 3.63) is 113 Å².